The average molecular weight is 336 g/mol. The van der Waals surface area contributed by atoms with Gasteiger partial charge in [-0.3, -0.25) is 4.79 Å². The van der Waals surface area contributed by atoms with Crippen LogP contribution in [-0.2, 0) is 11.3 Å². The molecule has 0 aliphatic carbocycles. The standard InChI is InChI=1S/C19H34N4O/c1-19(2,3)13-18(24)23(11-10-21(4)5)14-15-12-16(20)8-9-17(15)22(6)7/h8-9,12H,10-11,13-14,20H2,1-7H3/p+1. The quantitative estimate of drug-likeness (QED) is 0.737. The molecule has 0 aliphatic heterocycles. The average Bonchev–Trinajstić information content (AvgIpc) is 2.40. The third kappa shape index (κ3) is 6.79. The SMILES string of the molecule is CN(C)c1ccc(N)cc1CN(CC[NH+](C)C)C(=O)CC(C)(C)C. The van der Waals surface area contributed by atoms with Crippen LogP contribution in [0.15, 0.2) is 18.2 Å². The summed E-state index contributed by atoms with van der Waals surface area (Å²) in [7, 11) is 8.25. The Balaban J connectivity index is 3.03. The molecule has 5 nitrogen and oxygen atoms in total. The zero-order valence-electron chi connectivity index (χ0n) is 16.4. The lowest BCUT2D eigenvalue weighted by atomic mass is 9.91. The number of hydrogen-bond donors (Lipinski definition) is 2. The molecule has 0 saturated heterocycles. The van der Waals surface area contributed by atoms with Gasteiger partial charge in [0.2, 0.25) is 5.91 Å². The van der Waals surface area contributed by atoms with Crippen LogP contribution in [0.3, 0.4) is 0 Å². The molecule has 0 saturated carbocycles. The Labute approximate surface area is 147 Å². The molecule has 3 N–H and O–H groups in total. The highest BCUT2D eigenvalue weighted by atomic mass is 16.2. The van der Waals surface area contributed by atoms with Gasteiger partial charge in [-0.05, 0) is 29.2 Å². The van der Waals surface area contributed by atoms with Crippen LogP contribution in [0, 0.1) is 5.41 Å². The van der Waals surface area contributed by atoms with Crippen molar-refractivity contribution in [3.63, 3.8) is 0 Å². The second-order valence-corrected chi connectivity index (χ2v) is 8.29. The summed E-state index contributed by atoms with van der Waals surface area (Å²) in [5.74, 6) is 0.205. The van der Waals surface area contributed by atoms with Gasteiger partial charge in [-0.1, -0.05) is 20.8 Å². The minimum absolute atomic E-state index is 0.0135. The van der Waals surface area contributed by atoms with Crippen LogP contribution >= 0.6 is 0 Å². The molecular formula is C19H35N4O+. The number of benzene rings is 1. The number of likely N-dealkylation sites (N-methyl/N-ethyl adjacent to an activating group) is 1. The fourth-order valence-corrected chi connectivity index (χ4v) is 2.59. The zero-order valence-corrected chi connectivity index (χ0v) is 16.4. The van der Waals surface area contributed by atoms with Crippen LogP contribution < -0.4 is 15.5 Å². The van der Waals surface area contributed by atoms with Crippen molar-refractivity contribution in [1.29, 1.82) is 0 Å². The highest BCUT2D eigenvalue weighted by Gasteiger charge is 2.23. The molecule has 0 bridgehead atoms. The minimum atomic E-state index is -0.0135. The van der Waals surface area contributed by atoms with Gasteiger partial charge in [-0.15, -0.1) is 0 Å². The third-order valence-electron chi connectivity index (χ3n) is 3.86. The van der Waals surface area contributed by atoms with E-state index in [1.807, 2.05) is 37.2 Å². The zero-order chi connectivity index (χ0) is 18.5. The molecule has 0 unspecified atom stereocenters. The lowest BCUT2D eigenvalue weighted by Crippen LogP contribution is -3.06. The van der Waals surface area contributed by atoms with E-state index in [-0.39, 0.29) is 11.3 Å². The summed E-state index contributed by atoms with van der Waals surface area (Å²) >= 11 is 0. The molecule has 0 atom stereocenters. The van der Waals surface area contributed by atoms with Crippen LogP contribution in [0.4, 0.5) is 11.4 Å². The molecule has 0 fully saturated rings. The van der Waals surface area contributed by atoms with E-state index in [0.29, 0.717) is 13.0 Å². The van der Waals surface area contributed by atoms with Crippen molar-refractivity contribution in [2.75, 3.05) is 51.9 Å². The fraction of sp³-hybridized carbons (Fsp3) is 0.632. The fourth-order valence-electron chi connectivity index (χ4n) is 2.59. The van der Waals surface area contributed by atoms with Crippen LogP contribution in [0.25, 0.3) is 0 Å². The van der Waals surface area contributed by atoms with E-state index in [2.05, 4.69) is 39.8 Å². The maximum Gasteiger partial charge on any atom is 0.223 e. The molecule has 136 valence electrons. The van der Waals surface area contributed by atoms with E-state index in [1.165, 1.54) is 4.90 Å². The molecule has 1 rings (SSSR count). The van der Waals surface area contributed by atoms with Gasteiger partial charge in [0.15, 0.2) is 0 Å². The van der Waals surface area contributed by atoms with Crippen molar-refractivity contribution in [3.8, 4) is 0 Å². The van der Waals surface area contributed by atoms with Crippen LogP contribution in [-0.4, -0.2) is 52.1 Å². The van der Waals surface area contributed by atoms with Crippen molar-refractivity contribution in [2.24, 2.45) is 5.41 Å². The molecular weight excluding hydrogens is 300 g/mol. The summed E-state index contributed by atoms with van der Waals surface area (Å²) in [6.45, 7) is 8.58. The number of nitrogens with two attached hydrogens (primary N) is 1. The molecule has 0 radical (unpaired) electrons. The van der Waals surface area contributed by atoms with E-state index in [4.69, 9.17) is 5.73 Å². The number of hydrogen-bond acceptors (Lipinski definition) is 3. The second-order valence-electron chi connectivity index (χ2n) is 8.29. The first-order valence-corrected chi connectivity index (χ1v) is 8.62. The summed E-state index contributed by atoms with van der Waals surface area (Å²) in [5.41, 5.74) is 8.90. The molecule has 24 heavy (non-hydrogen) atoms. The minimum Gasteiger partial charge on any atom is -0.399 e. The first kappa shape index (κ1) is 20.3. The van der Waals surface area contributed by atoms with Gasteiger partial charge in [0.1, 0.15) is 0 Å². The largest absolute Gasteiger partial charge is 0.399 e. The summed E-state index contributed by atoms with van der Waals surface area (Å²) in [5, 5.41) is 0. The summed E-state index contributed by atoms with van der Waals surface area (Å²) in [4.78, 5) is 18.2. The van der Waals surface area contributed by atoms with Gasteiger partial charge in [-0.2, -0.15) is 0 Å². The van der Waals surface area contributed by atoms with Crippen molar-refractivity contribution in [3.05, 3.63) is 23.8 Å². The topological polar surface area (TPSA) is 54.0 Å². The van der Waals surface area contributed by atoms with Gasteiger partial charge in [0, 0.05) is 38.4 Å². The second kappa shape index (κ2) is 8.38. The van der Waals surface area contributed by atoms with Crippen molar-refractivity contribution in [1.82, 2.24) is 4.90 Å². The van der Waals surface area contributed by atoms with E-state index in [9.17, 15) is 4.79 Å². The highest BCUT2D eigenvalue weighted by Crippen LogP contribution is 2.25. The number of amides is 1. The van der Waals surface area contributed by atoms with Gasteiger partial charge in [0.25, 0.3) is 0 Å². The lowest BCUT2D eigenvalue weighted by Gasteiger charge is -2.29. The van der Waals surface area contributed by atoms with E-state index in [1.54, 1.807) is 0 Å². The predicted molar refractivity (Wildman–Crippen MR) is 102 cm³/mol. The highest BCUT2D eigenvalue weighted by molar-refractivity contribution is 5.77. The number of anilines is 2. The molecule has 5 heteroatoms. The Hall–Kier alpha value is -1.75. The summed E-state index contributed by atoms with van der Waals surface area (Å²) in [6.07, 6.45) is 0.551. The van der Waals surface area contributed by atoms with Crippen molar-refractivity contribution in [2.45, 2.75) is 33.7 Å². The smallest absolute Gasteiger partial charge is 0.223 e. The summed E-state index contributed by atoms with van der Waals surface area (Å²) in [6, 6.07) is 5.91. The van der Waals surface area contributed by atoms with Crippen molar-refractivity contribution >= 4 is 17.3 Å². The Morgan fingerprint density at radius 2 is 1.83 bits per heavy atom. The van der Waals surface area contributed by atoms with E-state index < -0.39 is 0 Å². The Morgan fingerprint density at radius 3 is 2.33 bits per heavy atom. The molecule has 0 heterocycles. The van der Waals surface area contributed by atoms with Gasteiger partial charge >= 0.3 is 0 Å². The molecule has 1 amide bonds. The Morgan fingerprint density at radius 1 is 1.21 bits per heavy atom. The Kier molecular flexibility index (Phi) is 7.08. The van der Waals surface area contributed by atoms with E-state index >= 15 is 0 Å². The number of quaternary nitrogens is 1. The molecule has 0 aliphatic rings. The van der Waals surface area contributed by atoms with Gasteiger partial charge in [-0.25, -0.2) is 0 Å². The lowest BCUT2D eigenvalue weighted by molar-refractivity contribution is -0.857. The van der Waals surface area contributed by atoms with Crippen LogP contribution in [0.5, 0.6) is 0 Å². The maximum atomic E-state index is 12.8. The van der Waals surface area contributed by atoms with E-state index in [0.717, 1.165) is 30.0 Å². The number of carbonyl (C=O) groups excluding carboxylic acids is 1. The normalized spacial score (nSPS) is 11.7. The van der Waals surface area contributed by atoms with Gasteiger partial charge in [0.05, 0.1) is 27.2 Å². The monoisotopic (exact) mass is 335 g/mol. The number of nitrogens with zero attached hydrogens (tertiary/aromatic N) is 2. The third-order valence-corrected chi connectivity index (χ3v) is 3.86. The molecule has 1 aromatic rings. The maximum absolute atomic E-state index is 12.8. The van der Waals surface area contributed by atoms with Gasteiger partial charge < -0.3 is 20.4 Å². The molecule has 1 aromatic carbocycles. The number of nitrogen functional groups attached to an aromatic ring is 1. The first-order valence-electron chi connectivity index (χ1n) is 8.62. The van der Waals surface area contributed by atoms with Crippen LogP contribution in [0.1, 0.15) is 32.8 Å². The number of rotatable bonds is 7. The summed E-state index contributed by atoms with van der Waals surface area (Å²) < 4.78 is 0. The Bertz CT molecular complexity index is 547. The van der Waals surface area contributed by atoms with Crippen LogP contribution in [0.2, 0.25) is 0 Å². The number of carbonyl (C=O) groups is 1. The predicted octanol–water partition coefficient (Wildman–Crippen LogP) is 1.24. The molecule has 0 spiro atoms. The van der Waals surface area contributed by atoms with Crippen molar-refractivity contribution < 1.29 is 9.69 Å². The number of nitrogens with one attached hydrogen (secondary N) is 1. The molecule has 0 aromatic heterocycles. The first-order chi connectivity index (χ1) is 11.0.